The molecule has 30 heavy (non-hydrogen) atoms. The Morgan fingerprint density at radius 2 is 1.73 bits per heavy atom. The Bertz CT molecular complexity index is 877. The average molecular weight is 415 g/mol. The number of aryl methyl sites for hydroxylation is 1. The number of nitrogens with zero attached hydrogens (tertiary/aromatic N) is 1. The lowest BCUT2D eigenvalue weighted by Crippen LogP contribution is -2.62. The summed E-state index contributed by atoms with van der Waals surface area (Å²) >= 11 is 0. The number of nitro benzene ring substituents is 1. The first kappa shape index (κ1) is 20.3. The van der Waals surface area contributed by atoms with Gasteiger partial charge in [-0.25, -0.2) is 9.59 Å². The zero-order chi connectivity index (χ0) is 21.5. The quantitative estimate of drug-likeness (QED) is 0.432. The smallest absolute Gasteiger partial charge is 0.338 e. The van der Waals surface area contributed by atoms with E-state index >= 15 is 0 Å². The molecular formula is C21H25N3O6. The van der Waals surface area contributed by atoms with Crippen molar-refractivity contribution in [3.05, 3.63) is 39.4 Å². The number of imide groups is 1. The van der Waals surface area contributed by atoms with Gasteiger partial charge in [-0.05, 0) is 69.3 Å². The standard InChI is InChI=1S/C21H25N3O6/c1-12-2-3-16(7-17(12)24(28)29)19(26)30-11-18(25)22-20(27)23-21-8-13-4-14(9-21)6-15(5-13)10-21/h2-3,7,13-15H,4-6,8-11H2,1H3,(H2,22,23,25,27). The summed E-state index contributed by atoms with van der Waals surface area (Å²) in [5.74, 6) is 0.368. The number of hydrogen-bond acceptors (Lipinski definition) is 6. The number of carbonyl (C=O) groups is 3. The third-order valence-corrected chi connectivity index (χ3v) is 6.65. The molecule has 0 radical (unpaired) electrons. The first-order valence-electron chi connectivity index (χ1n) is 10.3. The molecular weight excluding hydrogens is 390 g/mol. The molecule has 0 spiro atoms. The number of amides is 3. The molecule has 0 aliphatic heterocycles. The zero-order valence-electron chi connectivity index (χ0n) is 16.8. The highest BCUT2D eigenvalue weighted by Gasteiger charge is 2.51. The summed E-state index contributed by atoms with van der Waals surface area (Å²) in [6.45, 7) is 0.915. The molecule has 4 saturated carbocycles. The minimum absolute atomic E-state index is 0.0295. The molecule has 1 aromatic rings. The SMILES string of the molecule is Cc1ccc(C(=O)OCC(=O)NC(=O)NC23CC4CC(CC(C4)C2)C3)cc1[N+](=O)[O-]. The zero-order valence-corrected chi connectivity index (χ0v) is 16.8. The third-order valence-electron chi connectivity index (χ3n) is 6.65. The number of hydrogen-bond donors (Lipinski definition) is 2. The predicted octanol–water partition coefficient (Wildman–Crippen LogP) is 2.85. The molecule has 4 fully saturated rings. The van der Waals surface area contributed by atoms with Gasteiger partial charge in [-0.15, -0.1) is 0 Å². The molecule has 0 unspecified atom stereocenters. The molecule has 4 aliphatic carbocycles. The monoisotopic (exact) mass is 415 g/mol. The van der Waals surface area contributed by atoms with Gasteiger partial charge in [0.2, 0.25) is 0 Å². The highest BCUT2D eigenvalue weighted by molar-refractivity contribution is 5.97. The molecule has 0 aromatic heterocycles. The Morgan fingerprint density at radius 3 is 2.30 bits per heavy atom. The Kier molecular flexibility index (Phi) is 5.21. The van der Waals surface area contributed by atoms with E-state index in [1.807, 2.05) is 0 Å². The Hall–Kier alpha value is -2.97. The van der Waals surface area contributed by atoms with Crippen LogP contribution in [-0.2, 0) is 9.53 Å². The van der Waals surface area contributed by atoms with Gasteiger partial charge in [0.1, 0.15) is 0 Å². The summed E-state index contributed by atoms with van der Waals surface area (Å²) in [4.78, 5) is 46.9. The van der Waals surface area contributed by atoms with Gasteiger partial charge >= 0.3 is 12.0 Å². The van der Waals surface area contributed by atoms with Crippen molar-refractivity contribution in [1.29, 1.82) is 0 Å². The molecule has 2 N–H and O–H groups in total. The van der Waals surface area contributed by atoms with Gasteiger partial charge in [0.25, 0.3) is 11.6 Å². The predicted molar refractivity (Wildman–Crippen MR) is 106 cm³/mol. The van der Waals surface area contributed by atoms with Crippen LogP contribution in [0.5, 0.6) is 0 Å². The van der Waals surface area contributed by atoms with E-state index < -0.39 is 29.4 Å². The number of esters is 1. The fourth-order valence-corrected chi connectivity index (χ4v) is 5.85. The second-order valence-electron chi connectivity index (χ2n) is 9.03. The highest BCUT2D eigenvalue weighted by atomic mass is 16.6. The molecule has 1 aromatic carbocycles. The van der Waals surface area contributed by atoms with Crippen LogP contribution in [0.4, 0.5) is 10.5 Å². The van der Waals surface area contributed by atoms with E-state index in [1.165, 1.54) is 31.4 Å². The molecule has 4 aliphatic rings. The van der Waals surface area contributed by atoms with Gasteiger partial charge in [-0.1, -0.05) is 6.07 Å². The largest absolute Gasteiger partial charge is 0.452 e. The number of nitrogens with one attached hydrogen (secondary N) is 2. The lowest BCUT2D eigenvalue weighted by Gasteiger charge is -2.56. The third kappa shape index (κ3) is 4.15. The van der Waals surface area contributed by atoms with Crippen molar-refractivity contribution in [1.82, 2.24) is 10.6 Å². The van der Waals surface area contributed by atoms with Gasteiger partial charge < -0.3 is 10.1 Å². The highest BCUT2D eigenvalue weighted by Crippen LogP contribution is 2.55. The van der Waals surface area contributed by atoms with Gasteiger partial charge in [0.15, 0.2) is 6.61 Å². The van der Waals surface area contributed by atoms with E-state index in [-0.39, 0.29) is 16.8 Å². The summed E-state index contributed by atoms with van der Waals surface area (Å²) in [6, 6.07) is 3.37. The number of carbonyl (C=O) groups excluding carboxylic acids is 3. The topological polar surface area (TPSA) is 128 Å². The van der Waals surface area contributed by atoms with Crippen molar-refractivity contribution < 1.29 is 24.0 Å². The molecule has 3 amide bonds. The minimum Gasteiger partial charge on any atom is -0.452 e. The summed E-state index contributed by atoms with van der Waals surface area (Å²) in [5.41, 5.74) is -0.0472. The van der Waals surface area contributed by atoms with Gasteiger partial charge in [-0.3, -0.25) is 20.2 Å². The van der Waals surface area contributed by atoms with E-state index in [0.29, 0.717) is 23.3 Å². The van der Waals surface area contributed by atoms with Crippen LogP contribution in [0.2, 0.25) is 0 Å². The summed E-state index contributed by atoms with van der Waals surface area (Å²) in [6.07, 6.45) is 6.61. The minimum atomic E-state index is -0.866. The van der Waals surface area contributed by atoms with Crippen LogP contribution in [0, 0.1) is 34.8 Å². The number of benzene rings is 1. The average Bonchev–Trinajstić information content (AvgIpc) is 2.64. The van der Waals surface area contributed by atoms with Gasteiger partial charge in [0, 0.05) is 17.2 Å². The van der Waals surface area contributed by atoms with E-state index in [4.69, 9.17) is 4.74 Å². The maximum Gasteiger partial charge on any atom is 0.338 e. The second kappa shape index (κ2) is 7.70. The van der Waals surface area contributed by atoms with Crippen LogP contribution in [0.15, 0.2) is 18.2 Å². The van der Waals surface area contributed by atoms with Crippen LogP contribution >= 0.6 is 0 Å². The molecule has 4 bridgehead atoms. The second-order valence-corrected chi connectivity index (χ2v) is 9.03. The first-order chi connectivity index (χ1) is 14.2. The van der Waals surface area contributed by atoms with Crippen LogP contribution in [0.1, 0.15) is 54.4 Å². The van der Waals surface area contributed by atoms with Crippen molar-refractivity contribution >= 4 is 23.6 Å². The Labute approximate surface area is 173 Å². The van der Waals surface area contributed by atoms with Gasteiger partial charge in [-0.2, -0.15) is 0 Å². The van der Waals surface area contributed by atoms with E-state index in [1.54, 1.807) is 6.92 Å². The summed E-state index contributed by atoms with van der Waals surface area (Å²) in [5, 5.41) is 16.2. The number of ether oxygens (including phenoxy) is 1. The van der Waals surface area contributed by atoms with Crippen LogP contribution in [-0.4, -0.2) is 35.0 Å². The molecule has 0 saturated heterocycles. The lowest BCUT2D eigenvalue weighted by molar-refractivity contribution is -0.385. The summed E-state index contributed by atoms with van der Waals surface area (Å²) in [7, 11) is 0. The Morgan fingerprint density at radius 1 is 1.13 bits per heavy atom. The van der Waals surface area contributed by atoms with Crippen LogP contribution in [0.3, 0.4) is 0 Å². The summed E-state index contributed by atoms with van der Waals surface area (Å²) < 4.78 is 4.91. The van der Waals surface area contributed by atoms with E-state index in [9.17, 15) is 24.5 Å². The molecule has 9 nitrogen and oxygen atoms in total. The number of urea groups is 1. The van der Waals surface area contributed by atoms with Crippen molar-refractivity contribution in [2.75, 3.05) is 6.61 Å². The van der Waals surface area contributed by atoms with E-state index in [0.717, 1.165) is 25.3 Å². The Balaban J connectivity index is 1.28. The fourth-order valence-electron chi connectivity index (χ4n) is 5.85. The van der Waals surface area contributed by atoms with Crippen molar-refractivity contribution in [2.45, 2.75) is 51.0 Å². The molecule has 0 atom stereocenters. The molecule has 9 heteroatoms. The van der Waals surface area contributed by atoms with Crippen molar-refractivity contribution in [3.8, 4) is 0 Å². The lowest BCUT2D eigenvalue weighted by atomic mass is 9.53. The van der Waals surface area contributed by atoms with Gasteiger partial charge in [0.05, 0.1) is 10.5 Å². The normalized spacial score (nSPS) is 28.6. The molecule has 5 rings (SSSR count). The van der Waals surface area contributed by atoms with E-state index in [2.05, 4.69) is 10.6 Å². The van der Waals surface area contributed by atoms with Crippen LogP contribution < -0.4 is 10.6 Å². The number of nitro groups is 1. The van der Waals surface area contributed by atoms with Crippen molar-refractivity contribution in [2.24, 2.45) is 17.8 Å². The molecule has 0 heterocycles. The maximum atomic E-state index is 12.4. The number of rotatable bonds is 5. The molecule has 160 valence electrons. The maximum absolute atomic E-state index is 12.4. The fraction of sp³-hybridized carbons (Fsp3) is 0.571. The van der Waals surface area contributed by atoms with Crippen LogP contribution in [0.25, 0.3) is 0 Å². The van der Waals surface area contributed by atoms with Crippen molar-refractivity contribution in [3.63, 3.8) is 0 Å². The first-order valence-corrected chi connectivity index (χ1v) is 10.3.